The molecule has 0 spiro atoms. The van der Waals surface area contributed by atoms with Gasteiger partial charge in [-0.25, -0.2) is 0 Å². The van der Waals surface area contributed by atoms with E-state index in [1.165, 1.54) is 0 Å². The number of benzene rings is 3. The van der Waals surface area contributed by atoms with E-state index in [9.17, 15) is 4.79 Å². The number of amidine groups is 1. The van der Waals surface area contributed by atoms with Gasteiger partial charge in [-0.2, -0.15) is 0 Å². The summed E-state index contributed by atoms with van der Waals surface area (Å²) in [4.78, 5) is 13.3. The van der Waals surface area contributed by atoms with Gasteiger partial charge in [0.2, 0.25) is 0 Å². The molecule has 2 heterocycles. The van der Waals surface area contributed by atoms with Crippen molar-refractivity contribution in [2.75, 3.05) is 19.6 Å². The highest BCUT2D eigenvalue weighted by Crippen LogP contribution is 2.28. The summed E-state index contributed by atoms with van der Waals surface area (Å²) in [6.07, 6.45) is 2.16. The van der Waals surface area contributed by atoms with Crippen LogP contribution in [-0.2, 0) is 0 Å². The Morgan fingerprint density at radius 1 is 1.00 bits per heavy atom. The third-order valence-corrected chi connectivity index (χ3v) is 6.35. The zero-order chi connectivity index (χ0) is 22.1. The number of piperidine rings is 1. The van der Waals surface area contributed by atoms with Crippen molar-refractivity contribution in [3.8, 4) is 5.69 Å². The number of hydrogen-bond acceptors (Lipinski definition) is 3. The van der Waals surface area contributed by atoms with Gasteiger partial charge in [0.1, 0.15) is 11.5 Å². The van der Waals surface area contributed by atoms with Gasteiger partial charge in [-0.15, -0.1) is 0 Å². The van der Waals surface area contributed by atoms with Crippen LogP contribution in [0.1, 0.15) is 28.9 Å². The first-order valence-corrected chi connectivity index (χ1v) is 11.1. The van der Waals surface area contributed by atoms with Crippen molar-refractivity contribution in [3.05, 3.63) is 78.0 Å². The third-order valence-electron chi connectivity index (χ3n) is 6.35. The standard InChI is InChI=1S/C26H27N5O/c27-25(28)21-6-5-20-14-24(26(32)30-16-17-9-11-29-12-10-17)31(23(20)15-21)22-8-7-18-3-1-2-4-19(18)13-22/h1-8,13-15,17,29H,9-12,16H2,(H3,27,28)(H,30,32). The zero-order valence-electron chi connectivity index (χ0n) is 17.9. The second kappa shape index (κ2) is 8.48. The molecule has 1 aromatic heterocycles. The summed E-state index contributed by atoms with van der Waals surface area (Å²) in [6, 6.07) is 21.9. The topological polar surface area (TPSA) is 95.9 Å². The molecular formula is C26H27N5O. The number of amides is 1. The van der Waals surface area contributed by atoms with Gasteiger partial charge < -0.3 is 20.9 Å². The highest BCUT2D eigenvalue weighted by molar-refractivity contribution is 6.03. The lowest BCUT2D eigenvalue weighted by molar-refractivity contribution is 0.0937. The van der Waals surface area contributed by atoms with E-state index in [2.05, 4.69) is 34.9 Å². The maximum Gasteiger partial charge on any atom is 0.268 e. The van der Waals surface area contributed by atoms with Gasteiger partial charge >= 0.3 is 0 Å². The molecule has 6 heteroatoms. The fourth-order valence-electron chi connectivity index (χ4n) is 4.54. The molecule has 3 aromatic carbocycles. The predicted molar refractivity (Wildman–Crippen MR) is 130 cm³/mol. The number of nitrogens with zero attached hydrogens (tertiary/aromatic N) is 1. The zero-order valence-corrected chi connectivity index (χ0v) is 17.9. The number of nitrogens with one attached hydrogen (secondary N) is 3. The van der Waals surface area contributed by atoms with Crippen molar-refractivity contribution in [1.29, 1.82) is 5.41 Å². The SMILES string of the molecule is N=C(N)c1ccc2cc(C(=O)NCC3CCNCC3)n(-c3ccc4ccccc4c3)c2c1. The van der Waals surface area contributed by atoms with Gasteiger partial charge in [0, 0.05) is 23.2 Å². The Hall–Kier alpha value is -3.64. The first kappa shape index (κ1) is 20.3. The molecule has 0 atom stereocenters. The van der Waals surface area contributed by atoms with Crippen LogP contribution in [0.2, 0.25) is 0 Å². The summed E-state index contributed by atoms with van der Waals surface area (Å²) >= 11 is 0. The molecule has 0 unspecified atom stereocenters. The highest BCUT2D eigenvalue weighted by Gasteiger charge is 2.20. The third kappa shape index (κ3) is 3.85. The largest absolute Gasteiger partial charge is 0.384 e. The molecule has 1 aliphatic rings. The van der Waals surface area contributed by atoms with E-state index in [1.807, 2.05) is 47.0 Å². The van der Waals surface area contributed by atoms with Gasteiger partial charge in [-0.05, 0) is 66.9 Å². The maximum absolute atomic E-state index is 13.3. The van der Waals surface area contributed by atoms with Crippen LogP contribution in [0.25, 0.3) is 27.4 Å². The quantitative estimate of drug-likeness (QED) is 0.289. The Morgan fingerprint density at radius 2 is 1.75 bits per heavy atom. The van der Waals surface area contributed by atoms with Crippen LogP contribution in [0.15, 0.2) is 66.7 Å². The van der Waals surface area contributed by atoms with E-state index in [4.69, 9.17) is 11.1 Å². The van der Waals surface area contributed by atoms with Crippen molar-refractivity contribution >= 4 is 33.4 Å². The monoisotopic (exact) mass is 425 g/mol. The van der Waals surface area contributed by atoms with Crippen LogP contribution in [0.4, 0.5) is 0 Å². The first-order chi connectivity index (χ1) is 15.6. The molecule has 1 saturated heterocycles. The molecule has 0 saturated carbocycles. The lowest BCUT2D eigenvalue weighted by Crippen LogP contribution is -2.36. The molecule has 1 fully saturated rings. The Kier molecular flexibility index (Phi) is 5.37. The van der Waals surface area contributed by atoms with E-state index in [1.54, 1.807) is 0 Å². The number of aromatic nitrogens is 1. The Bertz CT molecular complexity index is 1320. The van der Waals surface area contributed by atoms with E-state index in [0.29, 0.717) is 23.7 Å². The second-order valence-corrected chi connectivity index (χ2v) is 8.49. The van der Waals surface area contributed by atoms with Crippen molar-refractivity contribution in [1.82, 2.24) is 15.2 Å². The molecule has 0 aliphatic carbocycles. The molecule has 5 N–H and O–H groups in total. The molecule has 32 heavy (non-hydrogen) atoms. The number of rotatable bonds is 5. The molecule has 162 valence electrons. The maximum atomic E-state index is 13.3. The number of hydrogen-bond donors (Lipinski definition) is 4. The lowest BCUT2D eigenvalue weighted by Gasteiger charge is -2.23. The van der Waals surface area contributed by atoms with Crippen LogP contribution in [-0.4, -0.2) is 35.9 Å². The van der Waals surface area contributed by atoms with Gasteiger partial charge in [0.05, 0.1) is 5.52 Å². The molecule has 6 nitrogen and oxygen atoms in total. The highest BCUT2D eigenvalue weighted by atomic mass is 16.1. The molecule has 4 aromatic rings. The average molecular weight is 426 g/mol. The number of nitrogens with two attached hydrogens (primary N) is 1. The van der Waals surface area contributed by atoms with E-state index < -0.39 is 0 Å². The van der Waals surface area contributed by atoms with Crippen molar-refractivity contribution in [2.24, 2.45) is 11.7 Å². The van der Waals surface area contributed by atoms with Crippen molar-refractivity contribution < 1.29 is 4.79 Å². The predicted octanol–water partition coefficient (Wildman–Crippen LogP) is 3.80. The molecule has 1 aliphatic heterocycles. The minimum atomic E-state index is -0.0859. The van der Waals surface area contributed by atoms with Crippen LogP contribution in [0.5, 0.6) is 0 Å². The summed E-state index contributed by atoms with van der Waals surface area (Å²) in [5, 5.41) is 17.6. The van der Waals surface area contributed by atoms with Crippen LogP contribution in [0.3, 0.4) is 0 Å². The number of nitrogen functional groups attached to an aromatic ring is 1. The van der Waals surface area contributed by atoms with Gasteiger partial charge in [-0.3, -0.25) is 10.2 Å². The van der Waals surface area contributed by atoms with Crippen molar-refractivity contribution in [3.63, 3.8) is 0 Å². The molecule has 1 amide bonds. The van der Waals surface area contributed by atoms with Crippen LogP contribution < -0.4 is 16.4 Å². The summed E-state index contributed by atoms with van der Waals surface area (Å²) in [5.74, 6) is 0.426. The normalized spacial score (nSPS) is 14.6. The van der Waals surface area contributed by atoms with E-state index in [0.717, 1.165) is 53.3 Å². The second-order valence-electron chi connectivity index (χ2n) is 8.49. The molecule has 0 bridgehead atoms. The Labute approximate surface area is 186 Å². The lowest BCUT2D eigenvalue weighted by atomic mass is 9.98. The fraction of sp³-hybridized carbons (Fsp3) is 0.231. The Balaban J connectivity index is 1.59. The van der Waals surface area contributed by atoms with Gasteiger partial charge in [0.15, 0.2) is 0 Å². The number of carbonyl (C=O) groups is 1. The number of fused-ring (bicyclic) bond motifs is 2. The van der Waals surface area contributed by atoms with Crippen molar-refractivity contribution in [2.45, 2.75) is 12.8 Å². The number of carbonyl (C=O) groups excluding carboxylic acids is 1. The minimum absolute atomic E-state index is 0.00932. The van der Waals surface area contributed by atoms with Crippen LogP contribution in [0, 0.1) is 11.3 Å². The smallest absolute Gasteiger partial charge is 0.268 e. The minimum Gasteiger partial charge on any atom is -0.384 e. The van der Waals surface area contributed by atoms with Gasteiger partial charge in [0.25, 0.3) is 5.91 Å². The van der Waals surface area contributed by atoms with E-state index in [-0.39, 0.29) is 11.7 Å². The Morgan fingerprint density at radius 3 is 2.53 bits per heavy atom. The van der Waals surface area contributed by atoms with E-state index >= 15 is 0 Å². The first-order valence-electron chi connectivity index (χ1n) is 11.1. The molecule has 0 radical (unpaired) electrons. The van der Waals surface area contributed by atoms with Crippen LogP contribution >= 0.6 is 0 Å². The summed E-state index contributed by atoms with van der Waals surface area (Å²) in [6.45, 7) is 2.69. The average Bonchev–Trinajstić information content (AvgIpc) is 3.21. The molecule has 5 rings (SSSR count). The van der Waals surface area contributed by atoms with Gasteiger partial charge in [-0.1, -0.05) is 42.5 Å². The molecular weight excluding hydrogens is 398 g/mol. The summed E-state index contributed by atoms with van der Waals surface area (Å²) < 4.78 is 1.98. The summed E-state index contributed by atoms with van der Waals surface area (Å²) in [5.41, 5.74) is 8.75. The summed E-state index contributed by atoms with van der Waals surface area (Å²) in [7, 11) is 0. The fourth-order valence-corrected chi connectivity index (χ4v) is 4.54.